The average Bonchev–Trinajstić information content (AvgIpc) is 2.43. The summed E-state index contributed by atoms with van der Waals surface area (Å²) in [5.41, 5.74) is 2.41. The van der Waals surface area contributed by atoms with Gasteiger partial charge in [0.05, 0.1) is 0 Å². The zero-order valence-electron chi connectivity index (χ0n) is 7.91. The third-order valence-electron chi connectivity index (χ3n) is 2.24. The minimum absolute atomic E-state index is 0.297. The molecule has 2 rings (SSSR count). The van der Waals surface area contributed by atoms with Crippen molar-refractivity contribution < 1.29 is 9.53 Å². The summed E-state index contributed by atoms with van der Waals surface area (Å²) in [5, 5.41) is 0. The number of carbonyl (C=O) groups excluding carboxylic acids is 1. The van der Waals surface area contributed by atoms with Gasteiger partial charge in [-0.05, 0) is 12.5 Å². The van der Waals surface area contributed by atoms with Gasteiger partial charge in [-0.25, -0.2) is 4.79 Å². The molecule has 2 nitrogen and oxygen atoms in total. The number of hydrogen-bond acceptors (Lipinski definition) is 2. The zero-order valence-corrected chi connectivity index (χ0v) is 7.91. The highest BCUT2D eigenvalue weighted by Crippen LogP contribution is 2.32. The molecule has 2 heteroatoms. The van der Waals surface area contributed by atoms with E-state index < -0.39 is 0 Å². The van der Waals surface area contributed by atoms with Gasteiger partial charge in [0.1, 0.15) is 5.76 Å². The van der Waals surface area contributed by atoms with Gasteiger partial charge in [0.2, 0.25) is 0 Å². The lowest BCUT2D eigenvalue weighted by Crippen LogP contribution is -1.94. The largest absolute Gasteiger partial charge is 0.423 e. The minimum Gasteiger partial charge on any atom is -0.423 e. The molecule has 70 valence electrons. The van der Waals surface area contributed by atoms with Crippen molar-refractivity contribution in [2.24, 2.45) is 0 Å². The maximum atomic E-state index is 11.2. The van der Waals surface area contributed by atoms with Crippen LogP contribution in [0, 0.1) is 0 Å². The zero-order chi connectivity index (χ0) is 10.1. The molecule has 0 bridgehead atoms. The van der Waals surface area contributed by atoms with Crippen molar-refractivity contribution in [3.05, 3.63) is 53.8 Å². The maximum absolute atomic E-state index is 11.2. The molecule has 0 N–H and O–H groups in total. The molecule has 0 saturated heterocycles. The van der Waals surface area contributed by atoms with E-state index >= 15 is 0 Å². The Hall–Kier alpha value is -1.83. The first-order chi connectivity index (χ1) is 6.70. The molecule has 14 heavy (non-hydrogen) atoms. The number of esters is 1. The fourth-order valence-corrected chi connectivity index (χ4v) is 1.53. The lowest BCUT2D eigenvalue weighted by Gasteiger charge is -2.01. The van der Waals surface area contributed by atoms with Crippen LogP contribution in [0.5, 0.6) is 0 Å². The summed E-state index contributed by atoms with van der Waals surface area (Å²) in [6, 6.07) is 9.65. The van der Waals surface area contributed by atoms with E-state index in [1.807, 2.05) is 30.3 Å². The Morgan fingerprint density at radius 1 is 1.21 bits per heavy atom. The van der Waals surface area contributed by atoms with Gasteiger partial charge in [0.15, 0.2) is 0 Å². The third-order valence-corrected chi connectivity index (χ3v) is 2.24. The van der Waals surface area contributed by atoms with Crippen molar-refractivity contribution in [1.82, 2.24) is 0 Å². The van der Waals surface area contributed by atoms with E-state index in [0.29, 0.717) is 11.3 Å². The highest BCUT2D eigenvalue weighted by molar-refractivity contribution is 6.06. The molecule has 0 aliphatic carbocycles. The summed E-state index contributed by atoms with van der Waals surface area (Å²) in [7, 11) is 0. The summed E-state index contributed by atoms with van der Waals surface area (Å²) >= 11 is 0. The molecular formula is C12H10O2. The van der Waals surface area contributed by atoms with Crippen LogP contribution in [0.3, 0.4) is 0 Å². The molecule has 0 atom stereocenters. The number of carbonyl (C=O) groups is 1. The highest BCUT2D eigenvalue weighted by atomic mass is 16.5. The average molecular weight is 186 g/mol. The van der Waals surface area contributed by atoms with Gasteiger partial charge in [-0.2, -0.15) is 0 Å². The van der Waals surface area contributed by atoms with Crippen molar-refractivity contribution in [1.29, 1.82) is 0 Å². The van der Waals surface area contributed by atoms with E-state index in [0.717, 1.165) is 11.1 Å². The molecule has 0 fully saturated rings. The molecule has 0 unspecified atom stereocenters. The molecule has 0 saturated carbocycles. The molecule has 0 amide bonds. The first-order valence-electron chi connectivity index (χ1n) is 4.38. The van der Waals surface area contributed by atoms with Crippen molar-refractivity contribution in [2.75, 3.05) is 0 Å². The first kappa shape index (κ1) is 8.75. The van der Waals surface area contributed by atoms with E-state index in [2.05, 4.69) is 6.58 Å². The summed E-state index contributed by atoms with van der Waals surface area (Å²) in [4.78, 5) is 11.2. The number of benzene rings is 1. The Morgan fingerprint density at radius 3 is 2.36 bits per heavy atom. The van der Waals surface area contributed by atoms with Crippen LogP contribution >= 0.6 is 0 Å². The van der Waals surface area contributed by atoms with E-state index in [-0.39, 0.29) is 5.97 Å². The number of hydrogen-bond donors (Lipinski definition) is 0. The van der Waals surface area contributed by atoms with Gasteiger partial charge >= 0.3 is 5.97 Å². The second kappa shape index (κ2) is 3.14. The second-order valence-electron chi connectivity index (χ2n) is 3.18. The fraction of sp³-hybridized carbons (Fsp3) is 0.0833. The number of ether oxygens (including phenoxy) is 1. The van der Waals surface area contributed by atoms with Gasteiger partial charge in [-0.15, -0.1) is 0 Å². The Morgan fingerprint density at radius 2 is 1.86 bits per heavy atom. The minimum atomic E-state index is -0.297. The van der Waals surface area contributed by atoms with Gasteiger partial charge < -0.3 is 4.74 Å². The number of cyclic esters (lactones) is 1. The Kier molecular flexibility index (Phi) is 1.97. The second-order valence-corrected chi connectivity index (χ2v) is 3.18. The van der Waals surface area contributed by atoms with Crippen molar-refractivity contribution in [3.63, 3.8) is 0 Å². The monoisotopic (exact) mass is 186 g/mol. The van der Waals surface area contributed by atoms with Crippen LogP contribution in [-0.2, 0) is 9.53 Å². The smallest absolute Gasteiger partial charge is 0.339 e. The fourth-order valence-electron chi connectivity index (χ4n) is 1.53. The first-order valence-corrected chi connectivity index (χ1v) is 4.38. The van der Waals surface area contributed by atoms with Crippen molar-refractivity contribution in [3.8, 4) is 0 Å². The van der Waals surface area contributed by atoms with E-state index in [1.54, 1.807) is 6.92 Å². The van der Waals surface area contributed by atoms with Crippen molar-refractivity contribution >= 4 is 11.5 Å². The quantitative estimate of drug-likeness (QED) is 0.630. The van der Waals surface area contributed by atoms with E-state index in [4.69, 9.17) is 4.74 Å². The van der Waals surface area contributed by atoms with Gasteiger partial charge in [0.25, 0.3) is 0 Å². The summed E-state index contributed by atoms with van der Waals surface area (Å²) < 4.78 is 4.93. The lowest BCUT2D eigenvalue weighted by atomic mass is 10.0. The van der Waals surface area contributed by atoms with Crippen molar-refractivity contribution in [2.45, 2.75) is 6.92 Å². The van der Waals surface area contributed by atoms with Gasteiger partial charge in [0, 0.05) is 11.1 Å². The molecule has 0 radical (unpaired) electrons. The highest BCUT2D eigenvalue weighted by Gasteiger charge is 2.25. The summed E-state index contributed by atoms with van der Waals surface area (Å²) in [5.74, 6) is 0.146. The van der Waals surface area contributed by atoms with Gasteiger partial charge in [-0.3, -0.25) is 0 Å². The molecule has 1 aliphatic heterocycles. The number of rotatable bonds is 1. The van der Waals surface area contributed by atoms with Crippen LogP contribution in [0.1, 0.15) is 12.5 Å². The topological polar surface area (TPSA) is 26.3 Å². The third kappa shape index (κ3) is 1.25. The molecule has 0 aromatic heterocycles. The molecule has 1 aliphatic rings. The molecule has 0 spiro atoms. The van der Waals surface area contributed by atoms with Crippen LogP contribution in [0.2, 0.25) is 0 Å². The van der Waals surface area contributed by atoms with E-state index in [9.17, 15) is 4.79 Å². The summed E-state index contributed by atoms with van der Waals surface area (Å²) in [6.45, 7) is 5.46. The van der Waals surface area contributed by atoms with E-state index in [1.165, 1.54) is 0 Å². The predicted octanol–water partition coefficient (Wildman–Crippen LogP) is 2.53. The Labute approximate surface area is 82.5 Å². The van der Waals surface area contributed by atoms with Crippen LogP contribution in [-0.4, -0.2) is 5.97 Å². The molecule has 1 aromatic rings. The Bertz CT molecular complexity index is 427. The van der Waals surface area contributed by atoms with Crippen LogP contribution in [0.15, 0.2) is 48.2 Å². The molecule has 1 aromatic carbocycles. The Balaban J connectivity index is 2.54. The van der Waals surface area contributed by atoms with Gasteiger partial charge in [-0.1, -0.05) is 36.9 Å². The van der Waals surface area contributed by atoms with Crippen LogP contribution < -0.4 is 0 Å². The molecular weight excluding hydrogens is 176 g/mol. The SMILES string of the molecule is C=C1OC(=O)C(C)=C1c1ccccc1. The number of allylic oxidation sites excluding steroid dienone is 1. The normalized spacial score (nSPS) is 16.1. The van der Waals surface area contributed by atoms with Crippen LogP contribution in [0.25, 0.3) is 5.57 Å². The lowest BCUT2D eigenvalue weighted by molar-refractivity contribution is -0.133. The standard InChI is InChI=1S/C12H10O2/c1-8-11(9(2)14-12(8)13)10-6-4-3-5-7-10/h3-7H,2H2,1H3. The van der Waals surface area contributed by atoms with Crippen LogP contribution in [0.4, 0.5) is 0 Å². The summed E-state index contributed by atoms with van der Waals surface area (Å²) in [6.07, 6.45) is 0. The predicted molar refractivity (Wildman–Crippen MR) is 54.3 cm³/mol. The molecule has 1 heterocycles. The maximum Gasteiger partial charge on any atom is 0.339 e.